The molecule has 116 valence electrons. The average Bonchev–Trinajstić information content (AvgIpc) is 2.59. The molecule has 1 aromatic rings. The minimum Gasteiger partial charge on any atom is -0.399 e. The van der Waals surface area contributed by atoms with Gasteiger partial charge in [0.2, 0.25) is 0 Å². The van der Waals surface area contributed by atoms with Crippen LogP contribution in [0.4, 0.5) is 0 Å². The maximum absolute atomic E-state index is 11.0. The fraction of sp³-hybridized carbons (Fsp3) is 0.600. The van der Waals surface area contributed by atoms with Crippen molar-refractivity contribution >= 4 is 23.6 Å². The zero-order valence-electron chi connectivity index (χ0n) is 13.4. The molecule has 0 aromatic heterocycles. The van der Waals surface area contributed by atoms with Crippen LogP contribution in [-0.4, -0.2) is 35.3 Å². The van der Waals surface area contributed by atoms with E-state index in [1.807, 2.05) is 12.1 Å². The number of rotatable bonds is 5. The maximum Gasteiger partial charge on any atom is 0.494 e. The van der Waals surface area contributed by atoms with E-state index in [2.05, 4.69) is 44.5 Å². The molecule has 0 spiro atoms. The zero-order valence-corrected chi connectivity index (χ0v) is 14.3. The summed E-state index contributed by atoms with van der Waals surface area (Å²) in [5.74, 6) is 0. The molecule has 0 radical (unpaired) electrons. The van der Waals surface area contributed by atoms with Crippen molar-refractivity contribution < 1.29 is 13.5 Å². The maximum atomic E-state index is 11.0. The van der Waals surface area contributed by atoms with E-state index in [-0.39, 0.29) is 18.3 Å². The minimum absolute atomic E-state index is 0.314. The van der Waals surface area contributed by atoms with Crippen molar-refractivity contribution in [3.63, 3.8) is 0 Å². The Hall–Kier alpha value is -0.685. The van der Waals surface area contributed by atoms with E-state index in [0.29, 0.717) is 6.54 Å². The first kappa shape index (κ1) is 16.7. The minimum atomic E-state index is -0.953. The molecule has 4 nitrogen and oxygen atoms in total. The van der Waals surface area contributed by atoms with E-state index >= 15 is 0 Å². The van der Waals surface area contributed by atoms with Gasteiger partial charge in [0.05, 0.1) is 22.2 Å². The SMILES string of the molecule is CS(=O)NCCc1ccc(B2OC(C)(C)C(C)(C)O2)cc1. The van der Waals surface area contributed by atoms with E-state index in [4.69, 9.17) is 9.31 Å². The van der Waals surface area contributed by atoms with Gasteiger partial charge in [0, 0.05) is 12.8 Å². The zero-order chi connectivity index (χ0) is 15.7. The Balaban J connectivity index is 1.99. The summed E-state index contributed by atoms with van der Waals surface area (Å²) >= 11 is 0. The van der Waals surface area contributed by atoms with Gasteiger partial charge in [0.25, 0.3) is 0 Å². The molecule has 6 heteroatoms. The van der Waals surface area contributed by atoms with Gasteiger partial charge >= 0.3 is 7.12 Å². The summed E-state index contributed by atoms with van der Waals surface area (Å²) in [6.07, 6.45) is 2.49. The Bertz CT molecular complexity index is 500. The molecular weight excluding hydrogens is 285 g/mol. The first-order valence-electron chi connectivity index (χ1n) is 7.23. The molecule has 2 rings (SSSR count). The van der Waals surface area contributed by atoms with Gasteiger partial charge in [-0.25, -0.2) is 8.93 Å². The molecule has 0 aliphatic carbocycles. The van der Waals surface area contributed by atoms with Crippen LogP contribution >= 0.6 is 0 Å². The van der Waals surface area contributed by atoms with Gasteiger partial charge in [-0.2, -0.15) is 0 Å². The molecule has 0 saturated carbocycles. The van der Waals surface area contributed by atoms with Crippen LogP contribution < -0.4 is 10.2 Å². The van der Waals surface area contributed by atoms with Crippen LogP contribution in [0.15, 0.2) is 24.3 Å². The molecular formula is C15H24BNO3S. The van der Waals surface area contributed by atoms with E-state index < -0.39 is 11.0 Å². The van der Waals surface area contributed by atoms with Crippen molar-refractivity contribution in [1.82, 2.24) is 4.72 Å². The second kappa shape index (κ2) is 6.20. The van der Waals surface area contributed by atoms with Crippen LogP contribution in [0, 0.1) is 0 Å². The van der Waals surface area contributed by atoms with Crippen molar-refractivity contribution in [3.05, 3.63) is 29.8 Å². The summed E-state index contributed by atoms with van der Waals surface area (Å²) in [5.41, 5.74) is 1.61. The Morgan fingerprint density at radius 3 is 2.10 bits per heavy atom. The van der Waals surface area contributed by atoms with Crippen molar-refractivity contribution in [2.75, 3.05) is 12.8 Å². The Kier molecular flexibility index (Phi) is 4.93. The van der Waals surface area contributed by atoms with Crippen molar-refractivity contribution in [2.24, 2.45) is 0 Å². The van der Waals surface area contributed by atoms with E-state index in [1.54, 1.807) is 6.26 Å². The summed E-state index contributed by atoms with van der Waals surface area (Å²) in [5, 5.41) is 0. The van der Waals surface area contributed by atoms with Crippen LogP contribution in [0.2, 0.25) is 0 Å². The smallest absolute Gasteiger partial charge is 0.399 e. The number of hydrogen-bond donors (Lipinski definition) is 1. The standard InChI is InChI=1S/C15H24BNO3S/c1-14(2)15(3,4)20-16(19-14)13-8-6-12(7-9-13)10-11-17-21(5)18/h6-9,17H,10-11H2,1-5H3. The van der Waals surface area contributed by atoms with Crippen molar-refractivity contribution in [3.8, 4) is 0 Å². The second-order valence-corrected chi connectivity index (χ2v) is 7.63. The molecule has 1 fully saturated rings. The molecule has 1 aliphatic rings. The molecule has 1 saturated heterocycles. The molecule has 1 aromatic carbocycles. The molecule has 1 atom stereocenters. The molecule has 0 amide bonds. The fourth-order valence-corrected chi connectivity index (χ4v) is 2.55. The van der Waals surface area contributed by atoms with Crippen LogP contribution in [-0.2, 0) is 26.7 Å². The van der Waals surface area contributed by atoms with Gasteiger partial charge in [-0.1, -0.05) is 24.3 Å². The summed E-state index contributed by atoms with van der Waals surface area (Å²) in [6.45, 7) is 8.92. The van der Waals surface area contributed by atoms with Crippen LogP contribution in [0.5, 0.6) is 0 Å². The molecule has 1 heterocycles. The van der Waals surface area contributed by atoms with Crippen molar-refractivity contribution in [2.45, 2.75) is 45.3 Å². The topological polar surface area (TPSA) is 47.6 Å². The summed E-state index contributed by atoms with van der Waals surface area (Å²) in [7, 11) is -1.27. The van der Waals surface area contributed by atoms with Crippen molar-refractivity contribution in [1.29, 1.82) is 0 Å². The first-order chi connectivity index (χ1) is 9.71. The Morgan fingerprint density at radius 1 is 1.10 bits per heavy atom. The van der Waals surface area contributed by atoms with Crippen LogP contribution in [0.3, 0.4) is 0 Å². The van der Waals surface area contributed by atoms with E-state index in [9.17, 15) is 4.21 Å². The molecule has 1 aliphatic heterocycles. The first-order valence-corrected chi connectivity index (χ1v) is 8.78. The average molecular weight is 309 g/mol. The lowest BCUT2D eigenvalue weighted by Crippen LogP contribution is -2.41. The second-order valence-electron chi connectivity index (χ2n) is 6.43. The number of hydrogen-bond acceptors (Lipinski definition) is 3. The largest absolute Gasteiger partial charge is 0.494 e. The lowest BCUT2D eigenvalue weighted by molar-refractivity contribution is 0.00578. The third-order valence-corrected chi connectivity index (χ3v) is 4.83. The highest BCUT2D eigenvalue weighted by atomic mass is 32.2. The molecule has 21 heavy (non-hydrogen) atoms. The van der Waals surface area contributed by atoms with Gasteiger partial charge in [0.1, 0.15) is 0 Å². The quantitative estimate of drug-likeness (QED) is 0.837. The van der Waals surface area contributed by atoms with Gasteiger partial charge in [-0.05, 0) is 45.1 Å². The lowest BCUT2D eigenvalue weighted by Gasteiger charge is -2.32. The third kappa shape index (κ3) is 3.94. The highest BCUT2D eigenvalue weighted by Crippen LogP contribution is 2.36. The molecule has 1 N–H and O–H groups in total. The predicted octanol–water partition coefficient (Wildman–Crippen LogP) is 1.41. The summed E-state index contributed by atoms with van der Waals surface area (Å²) in [4.78, 5) is 0. The summed E-state index contributed by atoms with van der Waals surface area (Å²) in [6, 6.07) is 8.22. The number of benzene rings is 1. The highest BCUT2D eigenvalue weighted by molar-refractivity contribution is 7.82. The number of nitrogens with one attached hydrogen (secondary N) is 1. The molecule has 0 bridgehead atoms. The third-order valence-electron chi connectivity index (χ3n) is 4.22. The highest BCUT2D eigenvalue weighted by Gasteiger charge is 2.51. The Labute approximate surface area is 130 Å². The monoisotopic (exact) mass is 309 g/mol. The summed E-state index contributed by atoms with van der Waals surface area (Å²) < 4.78 is 25.9. The molecule has 1 unspecified atom stereocenters. The Morgan fingerprint density at radius 2 is 1.62 bits per heavy atom. The van der Waals surface area contributed by atoms with Crippen LogP contribution in [0.1, 0.15) is 33.3 Å². The predicted molar refractivity (Wildman–Crippen MR) is 87.9 cm³/mol. The van der Waals surface area contributed by atoms with E-state index in [0.717, 1.165) is 11.9 Å². The van der Waals surface area contributed by atoms with Gasteiger partial charge < -0.3 is 9.31 Å². The van der Waals surface area contributed by atoms with E-state index in [1.165, 1.54) is 5.56 Å². The van der Waals surface area contributed by atoms with Crippen LogP contribution in [0.25, 0.3) is 0 Å². The van der Waals surface area contributed by atoms with Gasteiger partial charge in [0.15, 0.2) is 0 Å². The fourth-order valence-electron chi connectivity index (χ4n) is 2.16. The van der Waals surface area contributed by atoms with Gasteiger partial charge in [-0.3, -0.25) is 0 Å². The lowest BCUT2D eigenvalue weighted by atomic mass is 9.79. The normalized spacial score (nSPS) is 21.5. The van der Waals surface area contributed by atoms with Gasteiger partial charge in [-0.15, -0.1) is 0 Å².